The fourth-order valence-corrected chi connectivity index (χ4v) is 3.71. The van der Waals surface area contributed by atoms with Gasteiger partial charge in [0.1, 0.15) is 5.82 Å². The summed E-state index contributed by atoms with van der Waals surface area (Å²) in [5, 5.41) is 4.03. The van der Waals surface area contributed by atoms with Gasteiger partial charge in [-0.1, -0.05) is 29.8 Å². The van der Waals surface area contributed by atoms with Crippen molar-refractivity contribution in [1.82, 2.24) is 5.32 Å². The Morgan fingerprint density at radius 1 is 1.29 bits per heavy atom. The van der Waals surface area contributed by atoms with Crippen LogP contribution in [0.4, 0.5) is 4.39 Å². The first-order chi connectivity index (χ1) is 10.1. The van der Waals surface area contributed by atoms with E-state index in [-0.39, 0.29) is 11.9 Å². The minimum atomic E-state index is -0.218. The molecule has 1 nitrogen and oxygen atoms in total. The van der Waals surface area contributed by atoms with E-state index in [0.717, 1.165) is 27.7 Å². The molecule has 5 heteroatoms. The van der Waals surface area contributed by atoms with Crippen molar-refractivity contribution in [2.24, 2.45) is 0 Å². The number of hydrogen-bond donors (Lipinski definition) is 1. The van der Waals surface area contributed by atoms with E-state index in [4.69, 9.17) is 11.6 Å². The topological polar surface area (TPSA) is 12.0 Å². The maximum atomic E-state index is 13.5. The van der Waals surface area contributed by atoms with Crippen LogP contribution in [0.1, 0.15) is 5.56 Å². The van der Waals surface area contributed by atoms with Crippen molar-refractivity contribution in [2.45, 2.75) is 17.4 Å². The maximum Gasteiger partial charge on any atom is 0.137 e. The molecule has 0 fully saturated rings. The first-order valence-electron chi connectivity index (χ1n) is 6.58. The molecule has 0 aliphatic rings. The Bertz CT molecular complexity index is 609. The molecule has 0 spiro atoms. The second-order valence-electron chi connectivity index (χ2n) is 4.67. The van der Waals surface area contributed by atoms with E-state index in [2.05, 4.69) is 21.2 Å². The third kappa shape index (κ3) is 4.99. The van der Waals surface area contributed by atoms with Gasteiger partial charge in [-0.25, -0.2) is 4.39 Å². The van der Waals surface area contributed by atoms with E-state index in [1.54, 1.807) is 17.8 Å². The smallest absolute Gasteiger partial charge is 0.137 e. The summed E-state index contributed by atoms with van der Waals surface area (Å²) in [5.74, 6) is 0.671. The zero-order chi connectivity index (χ0) is 15.2. The quantitative estimate of drug-likeness (QED) is 0.686. The summed E-state index contributed by atoms with van der Waals surface area (Å²) in [6.45, 7) is 0. The Kier molecular flexibility index (Phi) is 6.55. The van der Waals surface area contributed by atoms with E-state index < -0.39 is 0 Å². The number of rotatable bonds is 6. The van der Waals surface area contributed by atoms with Crippen LogP contribution in [-0.4, -0.2) is 18.8 Å². The molecule has 0 aromatic heterocycles. The summed E-state index contributed by atoms with van der Waals surface area (Å²) < 4.78 is 14.1. The van der Waals surface area contributed by atoms with Gasteiger partial charge in [0.15, 0.2) is 0 Å². The van der Waals surface area contributed by atoms with Gasteiger partial charge in [0, 0.05) is 21.7 Å². The van der Waals surface area contributed by atoms with Crippen LogP contribution in [0.2, 0.25) is 5.02 Å². The Morgan fingerprint density at radius 3 is 2.76 bits per heavy atom. The second-order valence-corrected chi connectivity index (χ2v) is 6.99. The van der Waals surface area contributed by atoms with Crippen molar-refractivity contribution in [3.05, 3.63) is 63.3 Å². The van der Waals surface area contributed by atoms with Crippen molar-refractivity contribution in [3.63, 3.8) is 0 Å². The molecule has 1 N–H and O–H groups in total. The van der Waals surface area contributed by atoms with Gasteiger partial charge in [0.05, 0.1) is 4.47 Å². The number of benzene rings is 2. The summed E-state index contributed by atoms with van der Waals surface area (Å²) in [5.41, 5.74) is 0.973. The minimum absolute atomic E-state index is 0.218. The van der Waals surface area contributed by atoms with Crippen LogP contribution in [0.3, 0.4) is 0 Å². The molecule has 0 radical (unpaired) electrons. The van der Waals surface area contributed by atoms with E-state index in [0.29, 0.717) is 4.47 Å². The van der Waals surface area contributed by atoms with Gasteiger partial charge in [-0.15, -0.1) is 11.8 Å². The van der Waals surface area contributed by atoms with Crippen LogP contribution < -0.4 is 5.32 Å². The molecule has 21 heavy (non-hydrogen) atoms. The Balaban J connectivity index is 1.99. The summed E-state index contributed by atoms with van der Waals surface area (Å²) >= 11 is 11.0. The van der Waals surface area contributed by atoms with Gasteiger partial charge in [-0.2, -0.15) is 0 Å². The first kappa shape index (κ1) is 16.8. The van der Waals surface area contributed by atoms with Crippen LogP contribution in [0.5, 0.6) is 0 Å². The van der Waals surface area contributed by atoms with Crippen LogP contribution in [0.25, 0.3) is 0 Å². The van der Waals surface area contributed by atoms with E-state index in [1.807, 2.05) is 37.4 Å². The summed E-state index contributed by atoms with van der Waals surface area (Å²) in [6, 6.07) is 13.2. The predicted octanol–water partition coefficient (Wildman–Crippen LogP) is 5.16. The zero-order valence-corrected chi connectivity index (χ0v) is 14.7. The predicted molar refractivity (Wildman–Crippen MR) is 92.8 cm³/mol. The van der Waals surface area contributed by atoms with Gasteiger partial charge in [-0.3, -0.25) is 0 Å². The Morgan fingerprint density at radius 2 is 2.05 bits per heavy atom. The zero-order valence-electron chi connectivity index (χ0n) is 11.6. The van der Waals surface area contributed by atoms with Gasteiger partial charge in [0.25, 0.3) is 0 Å². The monoisotopic (exact) mass is 387 g/mol. The molecule has 0 heterocycles. The molecule has 2 aromatic carbocycles. The number of halogens is 3. The highest BCUT2D eigenvalue weighted by Gasteiger charge is 2.12. The van der Waals surface area contributed by atoms with Crippen molar-refractivity contribution >= 4 is 39.3 Å². The average molecular weight is 389 g/mol. The summed E-state index contributed by atoms with van der Waals surface area (Å²) in [4.78, 5) is 1.14. The molecule has 0 bridgehead atoms. The highest BCUT2D eigenvalue weighted by atomic mass is 79.9. The molecule has 0 aliphatic heterocycles. The molecule has 0 saturated heterocycles. The van der Waals surface area contributed by atoms with E-state index in [1.165, 1.54) is 6.07 Å². The molecule has 1 atom stereocenters. The highest BCUT2D eigenvalue weighted by Crippen LogP contribution is 2.25. The molecule has 112 valence electrons. The van der Waals surface area contributed by atoms with Crippen LogP contribution in [0.15, 0.2) is 51.8 Å². The summed E-state index contributed by atoms with van der Waals surface area (Å²) in [6.07, 6.45) is 0.766. The molecule has 0 aliphatic carbocycles. The number of thioether (sulfide) groups is 1. The maximum absolute atomic E-state index is 13.5. The SMILES string of the molecule is CNC(CSc1cccc(Cl)c1)Cc1cccc(F)c1Br. The first-order valence-corrected chi connectivity index (χ1v) is 8.74. The largest absolute Gasteiger partial charge is 0.316 e. The summed E-state index contributed by atoms with van der Waals surface area (Å²) in [7, 11) is 1.93. The van der Waals surface area contributed by atoms with Crippen molar-refractivity contribution < 1.29 is 4.39 Å². The van der Waals surface area contributed by atoms with Gasteiger partial charge < -0.3 is 5.32 Å². The van der Waals surface area contributed by atoms with Gasteiger partial charge in [-0.05, 0) is 59.2 Å². The second kappa shape index (κ2) is 8.18. The lowest BCUT2D eigenvalue weighted by Gasteiger charge is -2.17. The number of likely N-dealkylation sites (N-methyl/N-ethyl adjacent to an activating group) is 1. The standard InChI is InChI=1S/C16H16BrClFNS/c1-20-13(8-11-4-2-7-15(19)16(11)17)10-21-14-6-3-5-12(18)9-14/h2-7,9,13,20H,8,10H2,1H3. The van der Waals surface area contributed by atoms with Crippen molar-refractivity contribution in [3.8, 4) is 0 Å². The molecular weight excluding hydrogens is 373 g/mol. The fraction of sp³-hybridized carbons (Fsp3) is 0.250. The van der Waals surface area contributed by atoms with Crippen LogP contribution in [-0.2, 0) is 6.42 Å². The molecular formula is C16H16BrClFNS. The molecule has 0 amide bonds. The van der Waals surface area contributed by atoms with E-state index in [9.17, 15) is 4.39 Å². The van der Waals surface area contributed by atoms with Crippen LogP contribution in [0, 0.1) is 5.82 Å². The van der Waals surface area contributed by atoms with Crippen molar-refractivity contribution in [2.75, 3.05) is 12.8 Å². The third-order valence-corrected chi connectivity index (χ3v) is 5.43. The van der Waals surface area contributed by atoms with E-state index >= 15 is 0 Å². The highest BCUT2D eigenvalue weighted by molar-refractivity contribution is 9.10. The molecule has 2 aromatic rings. The average Bonchev–Trinajstić information content (AvgIpc) is 2.48. The molecule has 1 unspecified atom stereocenters. The third-order valence-electron chi connectivity index (χ3n) is 3.15. The van der Waals surface area contributed by atoms with Gasteiger partial charge in [0.2, 0.25) is 0 Å². The lowest BCUT2D eigenvalue weighted by atomic mass is 10.1. The lowest BCUT2D eigenvalue weighted by molar-refractivity contribution is 0.597. The van der Waals surface area contributed by atoms with Crippen LogP contribution >= 0.6 is 39.3 Å². The van der Waals surface area contributed by atoms with Gasteiger partial charge >= 0.3 is 0 Å². The van der Waals surface area contributed by atoms with Crippen molar-refractivity contribution in [1.29, 1.82) is 0 Å². The Hall–Kier alpha value is -0.550. The number of nitrogens with one attached hydrogen (secondary N) is 1. The minimum Gasteiger partial charge on any atom is -0.316 e. The molecule has 0 saturated carbocycles. The molecule has 2 rings (SSSR count). The fourth-order valence-electron chi connectivity index (χ4n) is 1.97. The lowest BCUT2D eigenvalue weighted by Crippen LogP contribution is -2.30. The normalized spacial score (nSPS) is 12.4. The number of hydrogen-bond acceptors (Lipinski definition) is 2. The Labute approximate surface area is 142 Å².